The molecular weight excluding hydrogens is 183 g/mol. The van der Waals surface area contributed by atoms with Crippen molar-refractivity contribution in [2.45, 2.75) is 0 Å². The van der Waals surface area contributed by atoms with Gasteiger partial charge in [0.05, 0.1) is 5.56 Å². The second-order valence-electron chi connectivity index (χ2n) is 2.83. The Labute approximate surface area is 79.4 Å². The second kappa shape index (κ2) is 2.76. The van der Waals surface area contributed by atoms with Crippen LogP contribution in [0.3, 0.4) is 0 Å². The van der Waals surface area contributed by atoms with E-state index in [1.165, 1.54) is 16.9 Å². The van der Waals surface area contributed by atoms with E-state index in [2.05, 4.69) is 5.10 Å². The Balaban J connectivity index is 3.03. The van der Waals surface area contributed by atoms with Crippen LogP contribution in [0, 0.1) is 0 Å². The number of nitrogens with zero attached hydrogens (tertiary/aromatic N) is 1. The molecule has 2 aromatic rings. The summed E-state index contributed by atoms with van der Waals surface area (Å²) in [6.45, 7) is 0. The number of aromatic hydroxyl groups is 1. The summed E-state index contributed by atoms with van der Waals surface area (Å²) in [5.74, 6) is -0.520. The van der Waals surface area contributed by atoms with Gasteiger partial charge in [-0.1, -0.05) is 0 Å². The zero-order valence-electron chi connectivity index (χ0n) is 7.02. The van der Waals surface area contributed by atoms with E-state index in [0.717, 1.165) is 0 Å². The monoisotopic (exact) mass is 188 g/mol. The summed E-state index contributed by atoms with van der Waals surface area (Å²) in [7, 11) is 5.34. The molecule has 0 aromatic carbocycles. The van der Waals surface area contributed by atoms with Gasteiger partial charge in [0.1, 0.15) is 13.4 Å². The van der Waals surface area contributed by atoms with Crippen molar-refractivity contribution < 1.29 is 9.90 Å². The van der Waals surface area contributed by atoms with Gasteiger partial charge in [0.2, 0.25) is 5.43 Å². The molecule has 68 valence electrons. The van der Waals surface area contributed by atoms with E-state index in [1.807, 2.05) is 0 Å². The molecule has 14 heavy (non-hydrogen) atoms. The zero-order valence-corrected chi connectivity index (χ0v) is 7.02. The topological polar surface area (TPSA) is 74.6 Å². The van der Waals surface area contributed by atoms with E-state index in [9.17, 15) is 14.7 Å². The predicted molar refractivity (Wildman–Crippen MR) is 50.5 cm³/mol. The molecule has 0 saturated carbocycles. The van der Waals surface area contributed by atoms with Crippen LogP contribution in [0.5, 0.6) is 5.75 Å². The number of hydrogen-bond donors (Lipinski definition) is 2. The second-order valence-corrected chi connectivity index (χ2v) is 2.83. The molecule has 0 bridgehead atoms. The molecule has 0 amide bonds. The summed E-state index contributed by atoms with van der Waals surface area (Å²) < 4.78 is 1.32. The number of pyridine rings is 1. The molecule has 0 spiro atoms. The van der Waals surface area contributed by atoms with Crippen molar-refractivity contribution in [1.29, 1.82) is 0 Å². The van der Waals surface area contributed by atoms with E-state index in [-0.39, 0.29) is 16.5 Å². The fourth-order valence-electron chi connectivity index (χ4n) is 1.30. The minimum atomic E-state index is -0.673. The molecule has 2 heterocycles. The van der Waals surface area contributed by atoms with Gasteiger partial charge in [0, 0.05) is 12.4 Å². The van der Waals surface area contributed by atoms with Crippen molar-refractivity contribution in [2.24, 2.45) is 0 Å². The molecule has 6 heteroatoms. The van der Waals surface area contributed by atoms with Crippen LogP contribution in [0.15, 0.2) is 17.2 Å². The summed E-state index contributed by atoms with van der Waals surface area (Å²) in [4.78, 5) is 21.8. The molecule has 2 rings (SSSR count). The molecule has 0 aliphatic heterocycles. The van der Waals surface area contributed by atoms with Crippen molar-refractivity contribution in [3.05, 3.63) is 28.2 Å². The summed E-state index contributed by atoms with van der Waals surface area (Å²) in [5.41, 5.74) is -0.411. The van der Waals surface area contributed by atoms with Crippen molar-refractivity contribution in [3.8, 4) is 5.75 Å². The number of rotatable bonds is 1. The van der Waals surface area contributed by atoms with E-state index in [0.29, 0.717) is 6.29 Å². The van der Waals surface area contributed by atoms with Crippen LogP contribution in [0.1, 0.15) is 10.4 Å². The number of carbonyl (C=O) groups is 1. The third kappa shape index (κ3) is 0.969. The third-order valence-electron chi connectivity index (χ3n) is 1.97. The lowest BCUT2D eigenvalue weighted by atomic mass is 9.97. The first-order valence-electron chi connectivity index (χ1n) is 3.81. The van der Waals surface area contributed by atoms with E-state index >= 15 is 0 Å². The maximum atomic E-state index is 11.2. The number of aldehydes is 1. The Morgan fingerprint density at radius 2 is 2.29 bits per heavy atom. The highest BCUT2D eigenvalue weighted by molar-refractivity contribution is 6.32. The molecule has 2 radical (unpaired) electrons. The maximum absolute atomic E-state index is 11.2. The number of carbonyl (C=O) groups excluding carboxylic acids is 1. The molecule has 0 unspecified atom stereocenters. The van der Waals surface area contributed by atoms with Gasteiger partial charge >= 0.3 is 0 Å². The average Bonchev–Trinajstić information content (AvgIpc) is 2.57. The van der Waals surface area contributed by atoms with Gasteiger partial charge in [-0.15, -0.1) is 0 Å². The van der Waals surface area contributed by atoms with Crippen molar-refractivity contribution in [2.75, 3.05) is 0 Å². The van der Waals surface area contributed by atoms with Gasteiger partial charge < -0.3 is 10.2 Å². The Hall–Kier alpha value is -1.98. The van der Waals surface area contributed by atoms with E-state index in [4.69, 9.17) is 7.85 Å². The van der Waals surface area contributed by atoms with E-state index < -0.39 is 11.2 Å². The smallest absolute Gasteiger partial charge is 0.216 e. The average molecular weight is 188 g/mol. The zero-order chi connectivity index (χ0) is 10.3. The van der Waals surface area contributed by atoms with Crippen LogP contribution in [0.25, 0.3) is 5.52 Å². The van der Waals surface area contributed by atoms with Gasteiger partial charge in [-0.05, 0) is 5.46 Å². The number of aromatic nitrogens is 2. The fourth-order valence-corrected chi connectivity index (χ4v) is 1.30. The number of nitrogens with one attached hydrogen (secondary N) is 1. The Bertz CT molecular complexity index is 570. The fraction of sp³-hybridized carbons (Fsp3) is 0. The molecule has 2 N–H and O–H groups in total. The molecule has 0 aliphatic carbocycles. The summed E-state index contributed by atoms with van der Waals surface area (Å²) in [6, 6.07) is 0. The lowest BCUT2D eigenvalue weighted by Gasteiger charge is -1.99. The van der Waals surface area contributed by atoms with Crippen molar-refractivity contribution in [1.82, 2.24) is 9.61 Å². The third-order valence-corrected chi connectivity index (χ3v) is 1.97. The van der Waals surface area contributed by atoms with Gasteiger partial charge in [0.25, 0.3) is 0 Å². The van der Waals surface area contributed by atoms with Crippen LogP contribution >= 0.6 is 0 Å². The molecule has 0 saturated heterocycles. The lowest BCUT2D eigenvalue weighted by Crippen LogP contribution is -2.26. The Kier molecular flexibility index (Phi) is 1.70. The number of fused-ring (bicyclic) bond motifs is 1. The Morgan fingerprint density at radius 1 is 1.57 bits per heavy atom. The van der Waals surface area contributed by atoms with Gasteiger partial charge in [-0.25, -0.2) is 0 Å². The minimum absolute atomic E-state index is 0.0840. The number of H-pyrrole nitrogens is 1. The normalized spacial score (nSPS) is 10.6. The molecule has 5 nitrogen and oxygen atoms in total. The standard InChI is InChI=1S/C8H5BN2O3/c9-5-2-11-6(8(14)7(5)13)4(3-12)1-10-11/h1-3,10,14H. The number of hydrogen-bond acceptors (Lipinski definition) is 3. The van der Waals surface area contributed by atoms with Gasteiger partial charge in [-0.3, -0.25) is 14.1 Å². The molecule has 2 aromatic heterocycles. The molecular formula is C8H5BN2O3. The number of aromatic amines is 1. The molecule has 0 atom stereocenters. The predicted octanol–water partition coefficient (Wildman–Crippen LogP) is -1.06. The van der Waals surface area contributed by atoms with Gasteiger partial charge in [0.15, 0.2) is 12.0 Å². The van der Waals surface area contributed by atoms with Crippen LogP contribution in [0.2, 0.25) is 0 Å². The largest absolute Gasteiger partial charge is 0.503 e. The lowest BCUT2D eigenvalue weighted by molar-refractivity contribution is 0.112. The van der Waals surface area contributed by atoms with Crippen LogP contribution in [-0.2, 0) is 0 Å². The highest BCUT2D eigenvalue weighted by Gasteiger charge is 2.11. The van der Waals surface area contributed by atoms with Crippen LogP contribution < -0.4 is 10.9 Å². The first kappa shape index (κ1) is 8.62. The quantitative estimate of drug-likeness (QED) is 0.442. The first-order valence-corrected chi connectivity index (χ1v) is 3.81. The first-order chi connectivity index (χ1) is 6.65. The molecule has 0 aliphatic rings. The summed E-state index contributed by atoms with van der Waals surface area (Å²) in [5, 5.41) is 12.1. The van der Waals surface area contributed by atoms with Crippen molar-refractivity contribution in [3.63, 3.8) is 0 Å². The highest BCUT2D eigenvalue weighted by atomic mass is 16.3. The summed E-state index contributed by atoms with van der Waals surface area (Å²) >= 11 is 0. The van der Waals surface area contributed by atoms with Crippen LogP contribution in [0.4, 0.5) is 0 Å². The maximum Gasteiger partial charge on any atom is 0.216 e. The van der Waals surface area contributed by atoms with Gasteiger partial charge in [-0.2, -0.15) is 0 Å². The SMILES string of the molecule is [B]c1cn2[nH]cc(C=O)c2c(O)c1=O. The van der Waals surface area contributed by atoms with Crippen LogP contribution in [-0.4, -0.2) is 28.9 Å². The molecule has 0 fully saturated rings. The Morgan fingerprint density at radius 3 is 2.93 bits per heavy atom. The minimum Gasteiger partial charge on any atom is -0.503 e. The highest BCUT2D eigenvalue weighted by Crippen LogP contribution is 2.15. The van der Waals surface area contributed by atoms with E-state index in [1.54, 1.807) is 0 Å². The summed E-state index contributed by atoms with van der Waals surface area (Å²) in [6.07, 6.45) is 3.23. The van der Waals surface area contributed by atoms with Crippen molar-refractivity contribution >= 4 is 25.1 Å².